The molecule has 1 aromatic carbocycles. The monoisotopic (exact) mass is 236 g/mol. The fraction of sp³-hybridized carbons (Fsp3) is 0.538. The Morgan fingerprint density at radius 2 is 2.35 bits per heavy atom. The summed E-state index contributed by atoms with van der Waals surface area (Å²) >= 11 is 0. The van der Waals surface area contributed by atoms with Gasteiger partial charge < -0.3 is 20.5 Å². The molecule has 3 N–H and O–H groups in total. The van der Waals surface area contributed by atoms with E-state index in [2.05, 4.69) is 11.4 Å². The van der Waals surface area contributed by atoms with E-state index in [1.54, 1.807) is 7.11 Å². The Hall–Kier alpha value is -1.10. The maximum Gasteiger partial charge on any atom is 0.121 e. The van der Waals surface area contributed by atoms with E-state index in [0.29, 0.717) is 6.61 Å². The van der Waals surface area contributed by atoms with Gasteiger partial charge in [0.15, 0.2) is 0 Å². The SMILES string of the molecule is COc1ccc(C(N)C2COCCN2)cc1C. The lowest BCUT2D eigenvalue weighted by Gasteiger charge is -2.29. The van der Waals surface area contributed by atoms with Crippen LogP contribution in [0.3, 0.4) is 0 Å². The fourth-order valence-electron chi connectivity index (χ4n) is 2.16. The molecule has 0 saturated carbocycles. The molecular weight excluding hydrogens is 216 g/mol. The first kappa shape index (κ1) is 12.4. The van der Waals surface area contributed by atoms with E-state index in [-0.39, 0.29) is 12.1 Å². The predicted octanol–water partition coefficient (Wildman–Crippen LogP) is 0.992. The predicted molar refractivity (Wildman–Crippen MR) is 67.3 cm³/mol. The Kier molecular flexibility index (Phi) is 3.99. The summed E-state index contributed by atoms with van der Waals surface area (Å²) in [5, 5.41) is 3.38. The quantitative estimate of drug-likeness (QED) is 0.822. The van der Waals surface area contributed by atoms with Crippen LogP contribution in [0, 0.1) is 6.92 Å². The van der Waals surface area contributed by atoms with Crippen LogP contribution in [-0.4, -0.2) is 32.9 Å². The zero-order valence-electron chi connectivity index (χ0n) is 10.4. The van der Waals surface area contributed by atoms with Crippen molar-refractivity contribution >= 4 is 0 Å². The lowest BCUT2D eigenvalue weighted by molar-refractivity contribution is 0.0685. The highest BCUT2D eigenvalue weighted by atomic mass is 16.5. The van der Waals surface area contributed by atoms with Crippen molar-refractivity contribution in [3.8, 4) is 5.75 Å². The number of nitrogens with one attached hydrogen (secondary N) is 1. The maximum absolute atomic E-state index is 6.25. The van der Waals surface area contributed by atoms with Crippen LogP contribution in [0.1, 0.15) is 17.2 Å². The van der Waals surface area contributed by atoms with Gasteiger partial charge in [0.25, 0.3) is 0 Å². The Morgan fingerprint density at radius 1 is 1.53 bits per heavy atom. The molecule has 1 aromatic rings. The fourth-order valence-corrected chi connectivity index (χ4v) is 2.16. The number of methoxy groups -OCH3 is 1. The van der Waals surface area contributed by atoms with E-state index in [0.717, 1.165) is 30.0 Å². The zero-order valence-corrected chi connectivity index (χ0v) is 10.4. The summed E-state index contributed by atoms with van der Waals surface area (Å²) in [6.45, 7) is 4.34. The van der Waals surface area contributed by atoms with E-state index < -0.39 is 0 Å². The van der Waals surface area contributed by atoms with Crippen molar-refractivity contribution in [2.45, 2.75) is 19.0 Å². The maximum atomic E-state index is 6.25. The average molecular weight is 236 g/mol. The van der Waals surface area contributed by atoms with Crippen LogP contribution in [0.15, 0.2) is 18.2 Å². The summed E-state index contributed by atoms with van der Waals surface area (Å²) in [4.78, 5) is 0. The van der Waals surface area contributed by atoms with Gasteiger partial charge in [-0.3, -0.25) is 0 Å². The number of rotatable bonds is 3. The van der Waals surface area contributed by atoms with Crippen molar-refractivity contribution in [1.82, 2.24) is 5.32 Å². The van der Waals surface area contributed by atoms with Gasteiger partial charge in [-0.2, -0.15) is 0 Å². The number of aryl methyl sites for hydroxylation is 1. The molecule has 2 unspecified atom stereocenters. The summed E-state index contributed by atoms with van der Waals surface area (Å²) in [7, 11) is 1.68. The van der Waals surface area contributed by atoms with Crippen LogP contribution in [0.4, 0.5) is 0 Å². The molecule has 0 aromatic heterocycles. The molecular formula is C13H20N2O2. The van der Waals surface area contributed by atoms with Gasteiger partial charge in [0.2, 0.25) is 0 Å². The van der Waals surface area contributed by atoms with Gasteiger partial charge in [-0.1, -0.05) is 12.1 Å². The van der Waals surface area contributed by atoms with Crippen molar-refractivity contribution in [3.63, 3.8) is 0 Å². The van der Waals surface area contributed by atoms with Crippen molar-refractivity contribution in [2.75, 3.05) is 26.9 Å². The molecule has 1 aliphatic heterocycles. The van der Waals surface area contributed by atoms with E-state index in [1.807, 2.05) is 19.1 Å². The van der Waals surface area contributed by atoms with E-state index >= 15 is 0 Å². The highest BCUT2D eigenvalue weighted by Crippen LogP contribution is 2.23. The number of morpholine rings is 1. The van der Waals surface area contributed by atoms with E-state index in [4.69, 9.17) is 15.2 Å². The molecule has 2 atom stereocenters. The number of nitrogens with two attached hydrogens (primary N) is 1. The highest BCUT2D eigenvalue weighted by Gasteiger charge is 2.22. The van der Waals surface area contributed by atoms with Gasteiger partial charge in [-0.25, -0.2) is 0 Å². The second-order valence-corrected chi connectivity index (χ2v) is 4.39. The highest BCUT2D eigenvalue weighted by molar-refractivity contribution is 5.37. The average Bonchev–Trinajstić information content (AvgIpc) is 2.39. The Balaban J connectivity index is 2.12. The third-order valence-electron chi connectivity index (χ3n) is 3.19. The van der Waals surface area contributed by atoms with E-state index in [9.17, 15) is 0 Å². The summed E-state index contributed by atoms with van der Waals surface area (Å²) < 4.78 is 10.7. The lowest BCUT2D eigenvalue weighted by Crippen LogP contribution is -2.47. The molecule has 0 spiro atoms. The van der Waals surface area contributed by atoms with Crippen LogP contribution < -0.4 is 15.8 Å². The molecule has 0 aliphatic carbocycles. The molecule has 1 heterocycles. The number of ether oxygens (including phenoxy) is 2. The second kappa shape index (κ2) is 5.49. The molecule has 1 fully saturated rings. The Morgan fingerprint density at radius 3 is 2.94 bits per heavy atom. The smallest absolute Gasteiger partial charge is 0.121 e. The van der Waals surface area contributed by atoms with Gasteiger partial charge in [-0.15, -0.1) is 0 Å². The molecule has 0 bridgehead atoms. The molecule has 0 amide bonds. The zero-order chi connectivity index (χ0) is 12.3. The van der Waals surface area contributed by atoms with Crippen molar-refractivity contribution in [3.05, 3.63) is 29.3 Å². The summed E-state index contributed by atoms with van der Waals surface area (Å²) in [5.74, 6) is 0.897. The first-order valence-electron chi connectivity index (χ1n) is 5.93. The third kappa shape index (κ3) is 2.77. The van der Waals surface area contributed by atoms with E-state index in [1.165, 1.54) is 0 Å². The van der Waals surface area contributed by atoms with Crippen LogP contribution in [-0.2, 0) is 4.74 Å². The van der Waals surface area contributed by atoms with Crippen LogP contribution in [0.25, 0.3) is 0 Å². The molecule has 1 aliphatic rings. The van der Waals surface area contributed by atoms with Gasteiger partial charge in [0, 0.05) is 18.6 Å². The molecule has 4 nitrogen and oxygen atoms in total. The number of benzene rings is 1. The van der Waals surface area contributed by atoms with Crippen molar-refractivity contribution < 1.29 is 9.47 Å². The van der Waals surface area contributed by atoms with Crippen LogP contribution in [0.2, 0.25) is 0 Å². The van der Waals surface area contributed by atoms with Gasteiger partial charge in [-0.05, 0) is 24.1 Å². The molecule has 1 saturated heterocycles. The largest absolute Gasteiger partial charge is 0.496 e. The molecule has 94 valence electrons. The number of hydrogen-bond acceptors (Lipinski definition) is 4. The minimum Gasteiger partial charge on any atom is -0.496 e. The summed E-state index contributed by atoms with van der Waals surface area (Å²) in [5.41, 5.74) is 8.47. The molecule has 2 rings (SSSR count). The Labute approximate surface area is 102 Å². The van der Waals surface area contributed by atoms with Gasteiger partial charge >= 0.3 is 0 Å². The lowest BCUT2D eigenvalue weighted by atomic mass is 9.98. The van der Waals surface area contributed by atoms with Crippen LogP contribution in [0.5, 0.6) is 5.75 Å². The van der Waals surface area contributed by atoms with Gasteiger partial charge in [0.05, 0.1) is 20.3 Å². The first-order chi connectivity index (χ1) is 8.22. The Bertz CT molecular complexity index is 376. The standard InChI is InChI=1S/C13H20N2O2/c1-9-7-10(3-4-12(9)16-2)13(14)11-8-17-6-5-15-11/h3-4,7,11,13,15H,5-6,8,14H2,1-2H3. The number of hydrogen-bond donors (Lipinski definition) is 2. The molecule has 0 radical (unpaired) electrons. The minimum absolute atomic E-state index is 0.0418. The van der Waals surface area contributed by atoms with Crippen molar-refractivity contribution in [2.24, 2.45) is 5.73 Å². The molecule has 4 heteroatoms. The topological polar surface area (TPSA) is 56.5 Å². The summed E-state index contributed by atoms with van der Waals surface area (Å²) in [6.07, 6.45) is 0. The second-order valence-electron chi connectivity index (χ2n) is 4.39. The summed E-state index contributed by atoms with van der Waals surface area (Å²) in [6, 6.07) is 6.22. The third-order valence-corrected chi connectivity index (χ3v) is 3.19. The van der Waals surface area contributed by atoms with Crippen molar-refractivity contribution in [1.29, 1.82) is 0 Å². The van der Waals surface area contributed by atoms with Gasteiger partial charge in [0.1, 0.15) is 5.75 Å². The minimum atomic E-state index is -0.0418. The van der Waals surface area contributed by atoms with Crippen LogP contribution >= 0.6 is 0 Å². The normalized spacial score (nSPS) is 22.2. The molecule has 17 heavy (non-hydrogen) atoms. The first-order valence-corrected chi connectivity index (χ1v) is 5.93.